The number of nitrogens with zero attached hydrogens (tertiary/aromatic N) is 1. The smallest absolute Gasteiger partial charge is 0.243 e. The summed E-state index contributed by atoms with van der Waals surface area (Å²) >= 11 is 0. The number of aryl methyl sites for hydroxylation is 1. The van der Waals surface area contributed by atoms with Gasteiger partial charge in [0, 0.05) is 19.2 Å². The van der Waals surface area contributed by atoms with Crippen molar-refractivity contribution in [1.29, 1.82) is 0 Å². The molecule has 0 N–H and O–H groups in total. The van der Waals surface area contributed by atoms with Crippen LogP contribution in [0.15, 0.2) is 53.4 Å². The van der Waals surface area contributed by atoms with E-state index in [0.717, 1.165) is 11.1 Å². The Morgan fingerprint density at radius 2 is 1.64 bits per heavy atom. The van der Waals surface area contributed by atoms with Crippen LogP contribution in [0.4, 0.5) is 0 Å². The summed E-state index contributed by atoms with van der Waals surface area (Å²) in [6, 6.07) is 13.7. The van der Waals surface area contributed by atoms with Crippen LogP contribution in [0.1, 0.15) is 28.4 Å². The van der Waals surface area contributed by atoms with Crippen molar-refractivity contribution in [3.63, 3.8) is 0 Å². The monoisotopic (exact) mass is 317 g/mol. The van der Waals surface area contributed by atoms with Crippen molar-refractivity contribution in [3.8, 4) is 0 Å². The van der Waals surface area contributed by atoms with E-state index < -0.39 is 10.0 Å². The van der Waals surface area contributed by atoms with Crippen LogP contribution >= 0.6 is 0 Å². The molecule has 0 aliphatic heterocycles. The maximum Gasteiger partial charge on any atom is 0.243 e. The Morgan fingerprint density at radius 1 is 1.05 bits per heavy atom. The predicted octanol–water partition coefficient (Wildman–Crippen LogP) is 3.02. The minimum atomic E-state index is -3.57. The van der Waals surface area contributed by atoms with Crippen molar-refractivity contribution in [3.05, 3.63) is 65.2 Å². The molecule has 0 saturated carbocycles. The molecule has 0 atom stereocenters. The van der Waals surface area contributed by atoms with Crippen LogP contribution < -0.4 is 0 Å². The van der Waals surface area contributed by atoms with Crippen LogP contribution in [-0.4, -0.2) is 25.6 Å². The van der Waals surface area contributed by atoms with Gasteiger partial charge in [0.15, 0.2) is 5.78 Å². The summed E-state index contributed by atoms with van der Waals surface area (Å²) in [5, 5.41) is 0. The second-order valence-electron chi connectivity index (χ2n) is 5.27. The van der Waals surface area contributed by atoms with Gasteiger partial charge in [0.1, 0.15) is 0 Å². The first-order valence-corrected chi connectivity index (χ1v) is 8.38. The predicted molar refractivity (Wildman–Crippen MR) is 86.3 cm³/mol. The van der Waals surface area contributed by atoms with E-state index in [9.17, 15) is 13.2 Å². The first kappa shape index (κ1) is 16.4. The minimum Gasteiger partial charge on any atom is -0.295 e. The van der Waals surface area contributed by atoms with Gasteiger partial charge in [-0.05, 0) is 37.1 Å². The Hall–Kier alpha value is -1.98. The summed E-state index contributed by atoms with van der Waals surface area (Å²) in [5.74, 6) is -0.0859. The third kappa shape index (κ3) is 3.43. The van der Waals surface area contributed by atoms with E-state index in [1.807, 2.05) is 31.2 Å². The van der Waals surface area contributed by atoms with Crippen molar-refractivity contribution in [2.45, 2.75) is 25.3 Å². The second-order valence-corrected chi connectivity index (χ2v) is 7.31. The maximum absolute atomic E-state index is 12.6. The molecule has 2 rings (SSSR count). The summed E-state index contributed by atoms with van der Waals surface area (Å²) in [6.45, 7) is 3.72. The number of carbonyl (C=O) groups excluding carboxylic acids is 1. The van der Waals surface area contributed by atoms with E-state index in [1.54, 1.807) is 7.05 Å². The molecule has 0 amide bonds. The fourth-order valence-corrected chi connectivity index (χ4v) is 3.30. The van der Waals surface area contributed by atoms with Crippen LogP contribution in [0.25, 0.3) is 0 Å². The number of rotatable bonds is 5. The van der Waals surface area contributed by atoms with E-state index in [2.05, 4.69) is 0 Å². The van der Waals surface area contributed by atoms with Crippen molar-refractivity contribution in [2.24, 2.45) is 0 Å². The Balaban J connectivity index is 2.26. The number of hydrogen-bond donors (Lipinski definition) is 0. The van der Waals surface area contributed by atoms with Gasteiger partial charge in [0.05, 0.1) is 4.90 Å². The number of benzene rings is 2. The molecule has 0 aliphatic rings. The largest absolute Gasteiger partial charge is 0.295 e. The lowest BCUT2D eigenvalue weighted by molar-refractivity contribution is 0.101. The topological polar surface area (TPSA) is 54.5 Å². The van der Waals surface area contributed by atoms with Crippen molar-refractivity contribution < 1.29 is 13.2 Å². The van der Waals surface area contributed by atoms with Gasteiger partial charge in [-0.15, -0.1) is 0 Å². The maximum atomic E-state index is 12.6. The Kier molecular flexibility index (Phi) is 4.78. The number of sulfonamides is 1. The molecule has 116 valence electrons. The summed E-state index contributed by atoms with van der Waals surface area (Å²) in [6.07, 6.45) is 0. The highest BCUT2D eigenvalue weighted by Crippen LogP contribution is 2.19. The van der Waals surface area contributed by atoms with Gasteiger partial charge in [0.25, 0.3) is 0 Å². The molecule has 2 aromatic rings. The number of Topliss-reactive ketones (excluding diaryl/α,β-unsaturated/α-hetero) is 1. The van der Waals surface area contributed by atoms with Gasteiger partial charge < -0.3 is 0 Å². The van der Waals surface area contributed by atoms with Gasteiger partial charge in [-0.25, -0.2) is 8.42 Å². The molecule has 5 heteroatoms. The molecule has 0 aromatic heterocycles. The average Bonchev–Trinajstić information content (AvgIpc) is 2.49. The highest BCUT2D eigenvalue weighted by atomic mass is 32.2. The molecule has 0 fully saturated rings. The van der Waals surface area contributed by atoms with Gasteiger partial charge >= 0.3 is 0 Å². The number of carbonyl (C=O) groups is 1. The molecule has 2 aromatic carbocycles. The fourth-order valence-electron chi connectivity index (χ4n) is 2.15. The van der Waals surface area contributed by atoms with Crippen LogP contribution in [0.3, 0.4) is 0 Å². The van der Waals surface area contributed by atoms with E-state index in [1.165, 1.54) is 35.5 Å². The average molecular weight is 317 g/mol. The normalized spacial score (nSPS) is 11.6. The highest BCUT2D eigenvalue weighted by molar-refractivity contribution is 7.89. The Labute approximate surface area is 131 Å². The minimum absolute atomic E-state index is 0.0859. The molecular weight excluding hydrogens is 298 g/mol. The molecule has 22 heavy (non-hydrogen) atoms. The lowest BCUT2D eigenvalue weighted by Gasteiger charge is -2.18. The molecule has 0 saturated heterocycles. The quantitative estimate of drug-likeness (QED) is 0.797. The Bertz CT molecular complexity index is 780. The van der Waals surface area contributed by atoms with E-state index in [-0.39, 0.29) is 10.7 Å². The van der Waals surface area contributed by atoms with Gasteiger partial charge in [-0.2, -0.15) is 4.31 Å². The lowest BCUT2D eigenvalue weighted by Crippen LogP contribution is -2.26. The van der Waals surface area contributed by atoms with Crippen LogP contribution in [0, 0.1) is 6.92 Å². The van der Waals surface area contributed by atoms with Crippen LogP contribution in [0.5, 0.6) is 0 Å². The van der Waals surface area contributed by atoms with Crippen LogP contribution in [0.2, 0.25) is 0 Å². The molecule has 0 unspecified atom stereocenters. The van der Waals surface area contributed by atoms with Crippen LogP contribution in [-0.2, 0) is 16.6 Å². The number of hydrogen-bond acceptors (Lipinski definition) is 3. The standard InChI is InChI=1S/C17H19NO3S/c1-13-6-4-5-7-16(13)12-18(3)22(20,21)17-10-8-15(9-11-17)14(2)19/h4-11H,12H2,1-3H3. The van der Waals surface area contributed by atoms with Gasteiger partial charge in [0.2, 0.25) is 10.0 Å². The summed E-state index contributed by atoms with van der Waals surface area (Å²) in [5.41, 5.74) is 2.52. The fraction of sp³-hybridized carbons (Fsp3) is 0.235. The third-order valence-electron chi connectivity index (χ3n) is 3.62. The van der Waals surface area contributed by atoms with E-state index in [4.69, 9.17) is 0 Å². The number of ketones is 1. The summed E-state index contributed by atoms with van der Waals surface area (Å²) in [7, 11) is -2.02. The second kappa shape index (κ2) is 6.42. The molecule has 0 radical (unpaired) electrons. The SMILES string of the molecule is CC(=O)c1ccc(S(=O)(=O)N(C)Cc2ccccc2C)cc1. The molecule has 0 bridgehead atoms. The zero-order chi connectivity index (χ0) is 16.3. The first-order chi connectivity index (χ1) is 10.3. The zero-order valence-corrected chi connectivity index (χ0v) is 13.7. The summed E-state index contributed by atoms with van der Waals surface area (Å²) in [4.78, 5) is 11.4. The van der Waals surface area contributed by atoms with Crippen molar-refractivity contribution in [2.75, 3.05) is 7.05 Å². The first-order valence-electron chi connectivity index (χ1n) is 6.94. The molecule has 0 spiro atoms. The van der Waals surface area contributed by atoms with Gasteiger partial charge in [-0.3, -0.25) is 4.79 Å². The van der Waals surface area contributed by atoms with Crippen molar-refractivity contribution >= 4 is 15.8 Å². The summed E-state index contributed by atoms with van der Waals surface area (Å²) < 4.78 is 26.5. The van der Waals surface area contributed by atoms with Gasteiger partial charge in [-0.1, -0.05) is 36.4 Å². The third-order valence-corrected chi connectivity index (χ3v) is 5.44. The zero-order valence-electron chi connectivity index (χ0n) is 12.9. The molecule has 0 heterocycles. The van der Waals surface area contributed by atoms with Crippen molar-refractivity contribution in [1.82, 2.24) is 4.31 Å². The van der Waals surface area contributed by atoms with E-state index in [0.29, 0.717) is 12.1 Å². The molecular formula is C17H19NO3S. The molecule has 4 nitrogen and oxygen atoms in total. The Morgan fingerprint density at radius 3 is 2.18 bits per heavy atom. The molecule has 0 aliphatic carbocycles. The highest BCUT2D eigenvalue weighted by Gasteiger charge is 2.21. The van der Waals surface area contributed by atoms with E-state index >= 15 is 0 Å². The lowest BCUT2D eigenvalue weighted by atomic mass is 10.1.